The number of carboxylic acid groups (broad SMARTS) is 1. The van der Waals surface area contributed by atoms with Crippen LogP contribution in [-0.4, -0.2) is 84.5 Å². The Morgan fingerprint density at radius 1 is 1.35 bits per heavy atom. The highest BCUT2D eigenvalue weighted by molar-refractivity contribution is 5.85. The minimum atomic E-state index is -1.17. The van der Waals surface area contributed by atoms with Crippen LogP contribution >= 0.6 is 0 Å². The molecule has 114 valence electrons. The maximum atomic E-state index is 12.2. The number of primary amides is 1. The molecule has 8 heteroatoms. The summed E-state index contributed by atoms with van der Waals surface area (Å²) in [5, 5.41) is 8.78. The molecule has 0 spiro atoms. The van der Waals surface area contributed by atoms with Gasteiger partial charge in [-0.05, 0) is 25.9 Å². The molecule has 1 saturated heterocycles. The summed E-state index contributed by atoms with van der Waals surface area (Å²) >= 11 is 0. The average molecular weight is 286 g/mol. The Morgan fingerprint density at radius 3 is 2.45 bits per heavy atom. The van der Waals surface area contributed by atoms with Gasteiger partial charge in [0.1, 0.15) is 13.1 Å². The second-order valence-electron chi connectivity index (χ2n) is 5.30. The van der Waals surface area contributed by atoms with E-state index in [0.717, 1.165) is 24.4 Å². The minimum absolute atomic E-state index is 0.370. The molecule has 0 aromatic carbocycles. The Bertz CT molecular complexity index is 372. The highest BCUT2D eigenvalue weighted by Gasteiger charge is 2.26. The van der Waals surface area contributed by atoms with Crippen molar-refractivity contribution in [2.75, 3.05) is 46.8 Å². The second kappa shape index (κ2) is 7.09. The molecule has 3 amide bonds. The third-order valence-electron chi connectivity index (χ3n) is 3.29. The summed E-state index contributed by atoms with van der Waals surface area (Å²) in [5.41, 5.74) is 5.04. The van der Waals surface area contributed by atoms with Crippen LogP contribution in [-0.2, 0) is 9.59 Å². The summed E-state index contributed by atoms with van der Waals surface area (Å²) in [7, 11) is 3.63. The number of carbonyl (C=O) groups excluding carboxylic acids is 2. The van der Waals surface area contributed by atoms with Crippen LogP contribution in [0, 0.1) is 5.92 Å². The number of hydrogen-bond acceptors (Lipinski definition) is 4. The average Bonchev–Trinajstić information content (AvgIpc) is 2.71. The maximum Gasteiger partial charge on any atom is 0.323 e. The molecule has 20 heavy (non-hydrogen) atoms. The van der Waals surface area contributed by atoms with Gasteiger partial charge in [-0.25, -0.2) is 4.79 Å². The van der Waals surface area contributed by atoms with E-state index in [-0.39, 0.29) is 6.54 Å². The van der Waals surface area contributed by atoms with Gasteiger partial charge < -0.3 is 25.5 Å². The molecule has 0 bridgehead atoms. The normalized spacial score (nSPS) is 18.8. The molecule has 0 saturated carbocycles. The topological polar surface area (TPSA) is 107 Å². The van der Waals surface area contributed by atoms with Gasteiger partial charge in [0.2, 0.25) is 5.91 Å². The van der Waals surface area contributed by atoms with Crippen molar-refractivity contribution in [2.45, 2.75) is 6.42 Å². The van der Waals surface area contributed by atoms with Gasteiger partial charge in [0.05, 0.1) is 0 Å². The monoisotopic (exact) mass is 286 g/mol. The van der Waals surface area contributed by atoms with Gasteiger partial charge in [-0.3, -0.25) is 9.59 Å². The van der Waals surface area contributed by atoms with Crippen molar-refractivity contribution in [3.63, 3.8) is 0 Å². The lowest BCUT2D eigenvalue weighted by Gasteiger charge is -2.27. The SMILES string of the molecule is CN1CCC(CN(C)C(=O)N(CC(N)=O)CC(=O)O)C1. The Labute approximate surface area is 118 Å². The number of nitrogens with two attached hydrogens (primary N) is 1. The van der Waals surface area contributed by atoms with Gasteiger partial charge >= 0.3 is 12.0 Å². The number of likely N-dealkylation sites (tertiary alicyclic amines) is 1. The van der Waals surface area contributed by atoms with E-state index < -0.39 is 24.5 Å². The summed E-state index contributed by atoms with van der Waals surface area (Å²) < 4.78 is 0. The van der Waals surface area contributed by atoms with Crippen molar-refractivity contribution >= 4 is 17.9 Å². The van der Waals surface area contributed by atoms with Crippen LogP contribution < -0.4 is 5.73 Å². The fourth-order valence-corrected chi connectivity index (χ4v) is 2.42. The van der Waals surface area contributed by atoms with Gasteiger partial charge in [-0.1, -0.05) is 0 Å². The van der Waals surface area contributed by atoms with Crippen molar-refractivity contribution in [1.82, 2.24) is 14.7 Å². The lowest BCUT2D eigenvalue weighted by atomic mass is 10.1. The van der Waals surface area contributed by atoms with Crippen LogP contribution in [0.5, 0.6) is 0 Å². The molecule has 1 heterocycles. The minimum Gasteiger partial charge on any atom is -0.480 e. The van der Waals surface area contributed by atoms with Gasteiger partial charge in [0.25, 0.3) is 0 Å². The molecule has 1 atom stereocenters. The van der Waals surface area contributed by atoms with Crippen LogP contribution in [0.1, 0.15) is 6.42 Å². The number of nitrogens with zero attached hydrogens (tertiary/aromatic N) is 3. The zero-order chi connectivity index (χ0) is 15.3. The van der Waals surface area contributed by atoms with Crippen LogP contribution in [0.25, 0.3) is 0 Å². The largest absolute Gasteiger partial charge is 0.480 e. The molecule has 1 unspecified atom stereocenters. The molecule has 0 radical (unpaired) electrons. The van der Waals surface area contributed by atoms with Crippen LogP contribution in [0.3, 0.4) is 0 Å². The van der Waals surface area contributed by atoms with E-state index in [1.165, 1.54) is 4.90 Å². The first-order valence-corrected chi connectivity index (χ1v) is 6.48. The quantitative estimate of drug-likeness (QED) is 0.642. The number of aliphatic carboxylic acids is 1. The van der Waals surface area contributed by atoms with E-state index >= 15 is 0 Å². The number of urea groups is 1. The molecule has 1 aliphatic heterocycles. The van der Waals surface area contributed by atoms with Crippen molar-refractivity contribution < 1.29 is 19.5 Å². The Kier molecular flexibility index (Phi) is 5.75. The second-order valence-corrected chi connectivity index (χ2v) is 5.30. The number of carbonyl (C=O) groups is 3. The Morgan fingerprint density at radius 2 is 2.00 bits per heavy atom. The standard InChI is InChI=1S/C12H22N4O4/c1-14-4-3-9(5-14)6-15(2)12(20)16(7-10(13)17)8-11(18)19/h9H,3-8H2,1-2H3,(H2,13,17)(H,18,19). The first-order valence-electron chi connectivity index (χ1n) is 6.48. The molecule has 8 nitrogen and oxygen atoms in total. The molecule has 0 aliphatic carbocycles. The molecule has 1 rings (SSSR count). The van der Waals surface area contributed by atoms with E-state index in [1.807, 2.05) is 7.05 Å². The van der Waals surface area contributed by atoms with E-state index in [4.69, 9.17) is 10.8 Å². The Balaban J connectivity index is 2.57. The predicted molar refractivity (Wildman–Crippen MR) is 72.0 cm³/mol. The van der Waals surface area contributed by atoms with Gasteiger partial charge in [-0.2, -0.15) is 0 Å². The van der Waals surface area contributed by atoms with Crippen molar-refractivity contribution in [3.8, 4) is 0 Å². The number of hydrogen-bond donors (Lipinski definition) is 2. The third kappa shape index (κ3) is 5.04. The van der Waals surface area contributed by atoms with Crippen LogP contribution in [0.2, 0.25) is 0 Å². The zero-order valence-corrected chi connectivity index (χ0v) is 11.9. The van der Waals surface area contributed by atoms with Crippen molar-refractivity contribution in [1.29, 1.82) is 0 Å². The van der Waals surface area contributed by atoms with Crippen molar-refractivity contribution in [2.24, 2.45) is 11.7 Å². The zero-order valence-electron chi connectivity index (χ0n) is 11.9. The van der Waals surface area contributed by atoms with Crippen molar-refractivity contribution in [3.05, 3.63) is 0 Å². The molecule has 0 aromatic rings. The predicted octanol–water partition coefficient (Wildman–Crippen LogP) is -1.14. The van der Waals surface area contributed by atoms with Gasteiger partial charge in [-0.15, -0.1) is 0 Å². The summed E-state index contributed by atoms with van der Waals surface area (Å²) in [6, 6.07) is -0.485. The van der Waals surface area contributed by atoms with E-state index in [0.29, 0.717) is 12.5 Å². The van der Waals surface area contributed by atoms with Crippen LogP contribution in [0.4, 0.5) is 4.79 Å². The maximum absolute atomic E-state index is 12.2. The number of carboxylic acids is 1. The summed E-state index contributed by atoms with van der Waals surface area (Å²) in [6.07, 6.45) is 1.00. The molecule has 1 fully saturated rings. The summed E-state index contributed by atoms with van der Waals surface area (Å²) in [4.78, 5) is 38.4. The Hall–Kier alpha value is -1.83. The first kappa shape index (κ1) is 16.2. The van der Waals surface area contributed by atoms with E-state index in [2.05, 4.69) is 4.90 Å². The fraction of sp³-hybridized carbons (Fsp3) is 0.750. The molecular formula is C12H22N4O4. The number of rotatable bonds is 6. The smallest absolute Gasteiger partial charge is 0.323 e. The van der Waals surface area contributed by atoms with E-state index in [1.54, 1.807) is 7.05 Å². The summed E-state index contributed by atoms with van der Waals surface area (Å²) in [5.74, 6) is -1.53. The number of amides is 3. The van der Waals surface area contributed by atoms with Gasteiger partial charge in [0.15, 0.2) is 0 Å². The lowest BCUT2D eigenvalue weighted by Crippen LogP contribution is -2.48. The highest BCUT2D eigenvalue weighted by atomic mass is 16.4. The van der Waals surface area contributed by atoms with E-state index in [9.17, 15) is 14.4 Å². The van der Waals surface area contributed by atoms with Gasteiger partial charge in [0, 0.05) is 20.1 Å². The third-order valence-corrected chi connectivity index (χ3v) is 3.29. The summed E-state index contributed by atoms with van der Waals surface area (Å²) in [6.45, 7) is 1.52. The fourth-order valence-electron chi connectivity index (χ4n) is 2.42. The molecule has 0 aromatic heterocycles. The molecule has 3 N–H and O–H groups in total. The van der Waals surface area contributed by atoms with Crippen LogP contribution in [0.15, 0.2) is 0 Å². The highest BCUT2D eigenvalue weighted by Crippen LogP contribution is 2.15. The molecule has 1 aliphatic rings. The first-order chi connectivity index (χ1) is 9.29. The lowest BCUT2D eigenvalue weighted by molar-refractivity contribution is -0.138. The molecular weight excluding hydrogens is 264 g/mol.